The summed E-state index contributed by atoms with van der Waals surface area (Å²) in [6.45, 7) is 0.491. The quantitative estimate of drug-likeness (QED) is 0.677. The second-order valence-electron chi connectivity index (χ2n) is 3.61. The zero-order valence-electron chi connectivity index (χ0n) is 7.73. The number of nitrogens with one attached hydrogen (secondary N) is 1. The molecular weight excluding hydrogens is 202 g/mol. The Morgan fingerprint density at radius 3 is 2.71 bits per heavy atom. The summed E-state index contributed by atoms with van der Waals surface area (Å²) < 4.78 is 22.3. The van der Waals surface area contributed by atoms with E-state index in [9.17, 15) is 8.42 Å². The van der Waals surface area contributed by atoms with Gasteiger partial charge in [-0.1, -0.05) is 6.42 Å². The lowest BCUT2D eigenvalue weighted by atomic mass is 9.93. The van der Waals surface area contributed by atoms with Gasteiger partial charge in [0.2, 0.25) is 15.0 Å². The zero-order chi connectivity index (χ0) is 10.2. The fourth-order valence-electron chi connectivity index (χ4n) is 1.41. The average Bonchev–Trinajstić information content (AvgIpc) is 2.23. The molecule has 0 radical (unpaired) electrons. The Balaban J connectivity index is 1.94. The van der Waals surface area contributed by atoms with Crippen LogP contribution in [0.4, 0.5) is 0 Å². The number of aliphatic imine (C=N–C) groups is 1. The summed E-state index contributed by atoms with van der Waals surface area (Å²) in [5.41, 5.74) is 5.75. The summed E-state index contributed by atoms with van der Waals surface area (Å²) >= 11 is 0. The highest BCUT2D eigenvalue weighted by Gasteiger charge is 2.23. The Labute approximate surface area is 83.0 Å². The minimum Gasteiger partial charge on any atom is -0.374 e. The van der Waals surface area contributed by atoms with Crippen molar-refractivity contribution in [1.29, 1.82) is 0 Å². The van der Waals surface area contributed by atoms with Crippen LogP contribution in [0.3, 0.4) is 0 Å². The van der Waals surface area contributed by atoms with Gasteiger partial charge in [0.25, 0.3) is 0 Å². The predicted octanol–water partition coefficient (Wildman–Crippen LogP) is -0.287. The van der Waals surface area contributed by atoms with Crippen molar-refractivity contribution in [3.8, 4) is 0 Å². The molecule has 0 aromatic carbocycles. The summed E-state index contributed by atoms with van der Waals surface area (Å²) in [5, 5.41) is 4.07. The van der Waals surface area contributed by atoms with E-state index < -0.39 is 9.84 Å². The molecule has 0 spiro atoms. The number of nitrogens with zero attached hydrogens (tertiary/aromatic N) is 1. The zero-order valence-corrected chi connectivity index (χ0v) is 8.55. The number of sulfone groups is 1. The van der Waals surface area contributed by atoms with Crippen LogP contribution in [0.1, 0.15) is 19.3 Å². The number of nitrogens with two attached hydrogens (primary N) is 1. The molecule has 14 heavy (non-hydrogen) atoms. The molecule has 1 aliphatic heterocycles. The second kappa shape index (κ2) is 3.36. The van der Waals surface area contributed by atoms with Crippen LogP contribution in [0.5, 0.6) is 0 Å². The third-order valence-corrected chi connectivity index (χ3v) is 3.77. The molecule has 1 fully saturated rings. The summed E-state index contributed by atoms with van der Waals surface area (Å²) in [7, 11) is -3.39. The Hall–Kier alpha value is -0.880. The first kappa shape index (κ1) is 9.67. The normalized spacial score (nSPS) is 25.4. The molecule has 2 aliphatic rings. The molecule has 3 N–H and O–H groups in total. The summed E-state index contributed by atoms with van der Waals surface area (Å²) in [6.07, 6.45) is 3.58. The van der Waals surface area contributed by atoms with Crippen LogP contribution in [0.25, 0.3) is 0 Å². The molecule has 0 unspecified atom stereocenters. The van der Waals surface area contributed by atoms with E-state index in [4.69, 9.17) is 5.73 Å². The molecule has 1 saturated carbocycles. The van der Waals surface area contributed by atoms with Gasteiger partial charge in [0.1, 0.15) is 0 Å². The number of rotatable bonds is 3. The van der Waals surface area contributed by atoms with Crippen molar-refractivity contribution in [3.63, 3.8) is 0 Å². The van der Waals surface area contributed by atoms with E-state index in [0.29, 0.717) is 18.3 Å². The Kier molecular flexibility index (Phi) is 2.32. The van der Waals surface area contributed by atoms with Gasteiger partial charge in [0, 0.05) is 12.6 Å². The van der Waals surface area contributed by atoms with E-state index in [-0.39, 0.29) is 5.17 Å². The maximum Gasteiger partial charge on any atom is 0.234 e. The summed E-state index contributed by atoms with van der Waals surface area (Å²) in [4.78, 5) is 3.78. The lowest BCUT2D eigenvalue weighted by Crippen LogP contribution is -2.35. The molecule has 78 valence electrons. The van der Waals surface area contributed by atoms with Gasteiger partial charge in [-0.3, -0.25) is 0 Å². The molecule has 1 heterocycles. The SMILES string of the molecule is NC1=NC(CNC2CCC2)=CS1(=O)=O. The molecule has 6 heteroatoms. The van der Waals surface area contributed by atoms with Crippen molar-refractivity contribution in [2.24, 2.45) is 10.7 Å². The number of amidine groups is 1. The average molecular weight is 215 g/mol. The Bertz CT molecular complexity index is 393. The monoisotopic (exact) mass is 215 g/mol. The first-order chi connectivity index (χ1) is 6.58. The van der Waals surface area contributed by atoms with Gasteiger partial charge in [0.15, 0.2) is 0 Å². The highest BCUT2D eigenvalue weighted by atomic mass is 32.2. The molecule has 2 rings (SSSR count). The van der Waals surface area contributed by atoms with E-state index in [0.717, 1.165) is 5.41 Å². The predicted molar refractivity (Wildman–Crippen MR) is 54.3 cm³/mol. The highest BCUT2D eigenvalue weighted by Crippen LogP contribution is 2.19. The van der Waals surface area contributed by atoms with E-state index in [2.05, 4.69) is 10.3 Å². The molecule has 1 aliphatic carbocycles. The second-order valence-corrected chi connectivity index (χ2v) is 5.36. The smallest absolute Gasteiger partial charge is 0.234 e. The van der Waals surface area contributed by atoms with E-state index in [1.165, 1.54) is 19.3 Å². The first-order valence-corrected chi connectivity index (χ1v) is 6.16. The fourth-order valence-corrected chi connectivity index (χ4v) is 2.27. The molecule has 0 atom stereocenters. The number of hydrogen-bond acceptors (Lipinski definition) is 5. The van der Waals surface area contributed by atoms with Crippen LogP contribution in [0.2, 0.25) is 0 Å². The molecule has 5 nitrogen and oxygen atoms in total. The topological polar surface area (TPSA) is 84.5 Å². The largest absolute Gasteiger partial charge is 0.374 e. The molecular formula is C8H13N3O2S. The molecule has 0 aromatic heterocycles. The van der Waals surface area contributed by atoms with Gasteiger partial charge in [-0.2, -0.15) is 0 Å². The van der Waals surface area contributed by atoms with Crippen LogP contribution >= 0.6 is 0 Å². The van der Waals surface area contributed by atoms with Crippen LogP contribution in [0.15, 0.2) is 16.1 Å². The Morgan fingerprint density at radius 1 is 1.57 bits per heavy atom. The molecule has 0 bridgehead atoms. The van der Waals surface area contributed by atoms with Crippen LogP contribution in [0, 0.1) is 0 Å². The maximum absolute atomic E-state index is 11.1. The van der Waals surface area contributed by atoms with Gasteiger partial charge < -0.3 is 11.1 Å². The highest BCUT2D eigenvalue weighted by molar-refractivity contribution is 8.09. The van der Waals surface area contributed by atoms with Gasteiger partial charge >= 0.3 is 0 Å². The van der Waals surface area contributed by atoms with E-state index >= 15 is 0 Å². The van der Waals surface area contributed by atoms with E-state index in [1.54, 1.807) is 0 Å². The van der Waals surface area contributed by atoms with Gasteiger partial charge in [-0.15, -0.1) is 0 Å². The van der Waals surface area contributed by atoms with Crippen molar-refractivity contribution in [2.75, 3.05) is 6.54 Å². The van der Waals surface area contributed by atoms with Gasteiger partial charge in [-0.25, -0.2) is 13.4 Å². The molecule has 0 saturated heterocycles. The van der Waals surface area contributed by atoms with Crippen molar-refractivity contribution >= 4 is 15.0 Å². The lowest BCUT2D eigenvalue weighted by molar-refractivity contribution is 0.349. The summed E-state index contributed by atoms with van der Waals surface area (Å²) in [6, 6.07) is 0.524. The minimum atomic E-state index is -3.39. The van der Waals surface area contributed by atoms with Gasteiger partial charge in [-0.05, 0) is 12.8 Å². The molecule has 0 amide bonds. The lowest BCUT2D eigenvalue weighted by Gasteiger charge is -2.26. The van der Waals surface area contributed by atoms with Crippen LogP contribution in [-0.4, -0.2) is 26.2 Å². The third kappa shape index (κ3) is 1.80. The van der Waals surface area contributed by atoms with Crippen LogP contribution in [-0.2, 0) is 9.84 Å². The fraction of sp³-hybridized carbons (Fsp3) is 0.625. The van der Waals surface area contributed by atoms with Crippen molar-refractivity contribution in [3.05, 3.63) is 11.1 Å². The van der Waals surface area contributed by atoms with Crippen molar-refractivity contribution in [1.82, 2.24) is 5.32 Å². The minimum absolute atomic E-state index is 0.289. The van der Waals surface area contributed by atoms with Crippen molar-refractivity contribution in [2.45, 2.75) is 25.3 Å². The summed E-state index contributed by atoms with van der Waals surface area (Å²) in [5.74, 6) is 0. The maximum atomic E-state index is 11.1. The van der Waals surface area contributed by atoms with Crippen molar-refractivity contribution < 1.29 is 8.42 Å². The standard InChI is InChI=1S/C8H13N3O2S/c9-8-11-7(5-14(8,12)13)4-10-6-2-1-3-6/h5-6,10H,1-4H2,(H2,9,11). The molecule has 0 aromatic rings. The first-order valence-electron chi connectivity index (χ1n) is 4.61. The van der Waals surface area contributed by atoms with E-state index in [1.807, 2.05) is 0 Å². The number of hydrogen-bond donors (Lipinski definition) is 2. The third-order valence-electron chi connectivity index (χ3n) is 2.51. The van der Waals surface area contributed by atoms with Crippen LogP contribution < -0.4 is 11.1 Å². The van der Waals surface area contributed by atoms with Gasteiger partial charge in [0.05, 0.1) is 11.1 Å². The Morgan fingerprint density at radius 2 is 2.29 bits per heavy atom.